The number of cyclic esters (lactones) is 1. The summed E-state index contributed by atoms with van der Waals surface area (Å²) in [5.41, 5.74) is 1.01. The van der Waals surface area contributed by atoms with Gasteiger partial charge in [-0.25, -0.2) is 14.4 Å². The first-order valence-electron chi connectivity index (χ1n) is 9.85. The Morgan fingerprint density at radius 2 is 1.84 bits per heavy atom. The van der Waals surface area contributed by atoms with Crippen LogP contribution in [0.1, 0.15) is 25.8 Å². The molecule has 0 bridgehead atoms. The quantitative estimate of drug-likeness (QED) is 0.332. The van der Waals surface area contributed by atoms with Crippen LogP contribution in [0, 0.1) is 0 Å². The first-order chi connectivity index (χ1) is 14.9. The smallest absolute Gasteiger partial charge is 0.413 e. The van der Waals surface area contributed by atoms with Crippen LogP contribution in [0.5, 0.6) is 0 Å². The van der Waals surface area contributed by atoms with Crippen molar-refractivity contribution < 1.29 is 38.1 Å². The Balaban J connectivity index is 2.06. The molecule has 0 aliphatic carbocycles. The highest BCUT2D eigenvalue weighted by Gasteiger charge is 2.39. The lowest BCUT2D eigenvalue weighted by atomic mass is 10.1. The minimum atomic E-state index is -1.03. The molecule has 1 heterocycles. The Labute approximate surface area is 180 Å². The van der Waals surface area contributed by atoms with Crippen LogP contribution in [-0.4, -0.2) is 61.4 Å². The van der Waals surface area contributed by atoms with Gasteiger partial charge in [0.05, 0.1) is 13.2 Å². The van der Waals surface area contributed by atoms with Crippen LogP contribution in [0.15, 0.2) is 42.1 Å². The first kappa shape index (κ1) is 23.7. The number of hydrogen-bond donors (Lipinski definition) is 1. The standard InChI is InChI=1S/C21H26N2O8/c1-3-28-18(24)11-16(22-12-19(25)29-4-2)10-17-20(26)31-14-23(17)21(27)30-13-15-8-6-5-7-9-15/h5-9,11,17,22H,3-4,10,12-14H2,1-2H3/b16-11-/t17-/m0/s1. The van der Waals surface area contributed by atoms with Gasteiger partial charge in [0.25, 0.3) is 0 Å². The number of rotatable bonds is 10. The van der Waals surface area contributed by atoms with Crippen LogP contribution in [0.25, 0.3) is 0 Å². The zero-order chi connectivity index (χ0) is 22.6. The lowest BCUT2D eigenvalue weighted by molar-refractivity contribution is -0.142. The van der Waals surface area contributed by atoms with Crippen molar-refractivity contribution >= 4 is 24.0 Å². The molecule has 0 spiro atoms. The monoisotopic (exact) mass is 434 g/mol. The normalized spacial score (nSPS) is 15.8. The summed E-state index contributed by atoms with van der Waals surface area (Å²) in [6.07, 6.45) is 0.292. The molecule has 31 heavy (non-hydrogen) atoms. The van der Waals surface area contributed by atoms with Crippen LogP contribution >= 0.6 is 0 Å². The van der Waals surface area contributed by atoms with Crippen molar-refractivity contribution in [3.8, 4) is 0 Å². The molecule has 1 aliphatic rings. The zero-order valence-electron chi connectivity index (χ0n) is 17.5. The summed E-state index contributed by atoms with van der Waals surface area (Å²) in [5.74, 6) is -1.84. The molecule has 1 fully saturated rings. The summed E-state index contributed by atoms with van der Waals surface area (Å²) in [6.45, 7) is 3.21. The van der Waals surface area contributed by atoms with E-state index in [-0.39, 0.29) is 45.2 Å². The van der Waals surface area contributed by atoms with Gasteiger partial charge in [0, 0.05) is 18.2 Å². The highest BCUT2D eigenvalue weighted by atomic mass is 16.6. The molecule has 1 N–H and O–H groups in total. The highest BCUT2D eigenvalue weighted by Crippen LogP contribution is 2.20. The summed E-state index contributed by atoms with van der Waals surface area (Å²) in [7, 11) is 0. The number of hydrogen-bond acceptors (Lipinski definition) is 9. The molecule has 0 radical (unpaired) electrons. The maximum Gasteiger partial charge on any atom is 0.413 e. The predicted octanol–water partition coefficient (Wildman–Crippen LogP) is 1.50. The molecule has 1 saturated heterocycles. The van der Waals surface area contributed by atoms with Gasteiger partial charge in [-0.1, -0.05) is 30.3 Å². The number of esters is 3. The summed E-state index contributed by atoms with van der Waals surface area (Å²) >= 11 is 0. The van der Waals surface area contributed by atoms with E-state index in [1.165, 1.54) is 0 Å². The Hall–Kier alpha value is -3.56. The van der Waals surface area contributed by atoms with Crippen LogP contribution in [-0.2, 0) is 39.9 Å². The topological polar surface area (TPSA) is 120 Å². The maximum atomic E-state index is 12.5. The molecule has 0 aromatic heterocycles. The van der Waals surface area contributed by atoms with Crippen molar-refractivity contribution in [2.45, 2.75) is 32.9 Å². The second kappa shape index (κ2) is 12.2. The maximum absolute atomic E-state index is 12.5. The van der Waals surface area contributed by atoms with E-state index in [4.69, 9.17) is 18.9 Å². The first-order valence-corrected chi connectivity index (χ1v) is 9.85. The molecule has 0 unspecified atom stereocenters. The third-order valence-corrected chi connectivity index (χ3v) is 4.19. The third-order valence-electron chi connectivity index (χ3n) is 4.19. The summed E-state index contributed by atoms with van der Waals surface area (Å²) < 4.78 is 20.0. The Bertz CT molecular complexity index is 809. The molecule has 0 saturated carbocycles. The van der Waals surface area contributed by atoms with E-state index in [0.29, 0.717) is 0 Å². The minimum absolute atomic E-state index is 0.0315. The second-order valence-electron chi connectivity index (χ2n) is 6.40. The minimum Gasteiger partial charge on any atom is -0.465 e. The van der Waals surface area contributed by atoms with E-state index in [9.17, 15) is 19.2 Å². The van der Waals surface area contributed by atoms with E-state index < -0.39 is 30.0 Å². The number of carbonyl (C=O) groups excluding carboxylic acids is 4. The molecule has 1 aliphatic heterocycles. The molecule has 168 valence electrons. The van der Waals surface area contributed by atoms with Gasteiger partial charge in [0.2, 0.25) is 0 Å². The van der Waals surface area contributed by atoms with E-state index >= 15 is 0 Å². The van der Waals surface area contributed by atoms with E-state index in [1.54, 1.807) is 26.0 Å². The van der Waals surface area contributed by atoms with Crippen molar-refractivity contribution in [2.24, 2.45) is 0 Å². The van der Waals surface area contributed by atoms with Crippen molar-refractivity contribution in [2.75, 3.05) is 26.5 Å². The van der Waals surface area contributed by atoms with Gasteiger partial charge in [0.1, 0.15) is 19.2 Å². The van der Waals surface area contributed by atoms with Crippen LogP contribution in [0.3, 0.4) is 0 Å². The van der Waals surface area contributed by atoms with Crippen LogP contribution in [0.4, 0.5) is 4.79 Å². The molecule has 2 rings (SSSR count). The Morgan fingerprint density at radius 1 is 1.13 bits per heavy atom. The molecule has 1 aromatic rings. The largest absolute Gasteiger partial charge is 0.465 e. The van der Waals surface area contributed by atoms with Gasteiger partial charge in [-0.2, -0.15) is 0 Å². The van der Waals surface area contributed by atoms with E-state index in [1.807, 2.05) is 18.2 Å². The molecule has 10 nitrogen and oxygen atoms in total. The number of amides is 1. The van der Waals surface area contributed by atoms with Crippen LogP contribution < -0.4 is 5.32 Å². The van der Waals surface area contributed by atoms with Crippen molar-refractivity contribution in [3.63, 3.8) is 0 Å². The number of nitrogens with one attached hydrogen (secondary N) is 1. The Kier molecular flexibility index (Phi) is 9.34. The summed E-state index contributed by atoms with van der Waals surface area (Å²) in [6, 6.07) is 8.05. The van der Waals surface area contributed by atoms with Crippen molar-refractivity contribution in [1.82, 2.24) is 10.2 Å². The average Bonchev–Trinajstić information content (AvgIpc) is 3.11. The molecular formula is C21H26N2O8. The molecule has 10 heteroatoms. The van der Waals surface area contributed by atoms with Crippen LogP contribution in [0.2, 0.25) is 0 Å². The fraction of sp³-hybridized carbons (Fsp3) is 0.429. The van der Waals surface area contributed by atoms with Gasteiger partial charge in [-0.05, 0) is 19.4 Å². The fourth-order valence-corrected chi connectivity index (χ4v) is 2.74. The summed E-state index contributed by atoms with van der Waals surface area (Å²) in [5, 5.41) is 2.76. The van der Waals surface area contributed by atoms with E-state index in [2.05, 4.69) is 5.32 Å². The lowest BCUT2D eigenvalue weighted by Crippen LogP contribution is -2.40. The van der Waals surface area contributed by atoms with Gasteiger partial charge in [-0.15, -0.1) is 0 Å². The number of nitrogens with zero attached hydrogens (tertiary/aromatic N) is 1. The SMILES string of the molecule is CCOC(=O)/C=C(/C[C@H]1C(=O)OCN1C(=O)OCc1ccccc1)NCC(=O)OCC. The molecule has 1 amide bonds. The number of benzene rings is 1. The zero-order valence-corrected chi connectivity index (χ0v) is 17.5. The van der Waals surface area contributed by atoms with E-state index in [0.717, 1.165) is 16.5 Å². The molecule has 1 atom stereocenters. The van der Waals surface area contributed by atoms with Gasteiger partial charge >= 0.3 is 24.0 Å². The summed E-state index contributed by atoms with van der Waals surface area (Å²) in [4.78, 5) is 49.4. The number of carbonyl (C=O) groups is 4. The Morgan fingerprint density at radius 3 is 2.52 bits per heavy atom. The van der Waals surface area contributed by atoms with Gasteiger partial charge < -0.3 is 24.3 Å². The number of ether oxygens (including phenoxy) is 4. The molecular weight excluding hydrogens is 408 g/mol. The fourth-order valence-electron chi connectivity index (χ4n) is 2.74. The van der Waals surface area contributed by atoms with Gasteiger partial charge in [-0.3, -0.25) is 9.69 Å². The van der Waals surface area contributed by atoms with Crippen molar-refractivity contribution in [3.05, 3.63) is 47.7 Å². The van der Waals surface area contributed by atoms with Crippen molar-refractivity contribution in [1.29, 1.82) is 0 Å². The third kappa shape index (κ3) is 7.65. The predicted molar refractivity (Wildman–Crippen MR) is 107 cm³/mol. The van der Waals surface area contributed by atoms with Gasteiger partial charge in [0.15, 0.2) is 6.73 Å². The average molecular weight is 434 g/mol. The second-order valence-corrected chi connectivity index (χ2v) is 6.40. The molecule has 1 aromatic carbocycles. The highest BCUT2D eigenvalue weighted by molar-refractivity contribution is 5.86. The lowest BCUT2D eigenvalue weighted by Gasteiger charge is -2.21.